The Morgan fingerprint density at radius 1 is 1.16 bits per heavy atom. The highest BCUT2D eigenvalue weighted by Gasteiger charge is 2.12. The Morgan fingerprint density at radius 3 is 2.63 bits per heavy atom. The molecule has 0 aliphatic rings. The Kier molecular flexibility index (Phi) is 3.48. The number of carbonyl (C=O) groups is 1. The van der Waals surface area contributed by atoms with Crippen LogP contribution in [-0.4, -0.2) is 10.8 Å². The van der Waals surface area contributed by atoms with Crippen molar-refractivity contribution in [1.82, 2.24) is 4.98 Å². The summed E-state index contributed by atoms with van der Waals surface area (Å²) in [4.78, 5) is 18.3. The van der Waals surface area contributed by atoms with Crippen LogP contribution in [0.15, 0.2) is 53.6 Å². The van der Waals surface area contributed by atoms with Gasteiger partial charge in [0.2, 0.25) is 5.78 Å². The van der Waals surface area contributed by atoms with Gasteiger partial charge in [-0.2, -0.15) is 0 Å². The molecule has 0 amide bonds. The third-order valence-corrected chi connectivity index (χ3v) is 4.47. The third kappa shape index (κ3) is 2.77. The van der Waals surface area contributed by atoms with Gasteiger partial charge in [-0.1, -0.05) is 12.1 Å². The highest BCUT2D eigenvalue weighted by atomic mass is 32.1. The molecule has 0 atom stereocenters. The molecule has 0 fully saturated rings. The van der Waals surface area contributed by atoms with E-state index in [9.17, 15) is 4.79 Å². The van der Waals surface area contributed by atoms with Crippen LogP contribution in [0.3, 0.4) is 0 Å². The van der Waals surface area contributed by atoms with Gasteiger partial charge >= 0.3 is 0 Å². The van der Waals surface area contributed by atoms with Crippen molar-refractivity contribution in [2.75, 3.05) is 0 Å². The largest absolute Gasteiger partial charge is 0.289 e. The molecule has 94 valence electrons. The van der Waals surface area contributed by atoms with Crippen molar-refractivity contribution in [2.24, 2.45) is 0 Å². The maximum atomic E-state index is 12.0. The maximum Gasteiger partial charge on any atom is 0.287 e. The molecule has 0 aromatic carbocycles. The second-order valence-corrected chi connectivity index (χ2v) is 5.89. The van der Waals surface area contributed by atoms with Crippen LogP contribution in [0.1, 0.15) is 9.67 Å². The van der Waals surface area contributed by atoms with Crippen molar-refractivity contribution < 1.29 is 9.36 Å². The third-order valence-electron chi connectivity index (χ3n) is 2.66. The predicted octanol–water partition coefficient (Wildman–Crippen LogP) is 3.04. The minimum Gasteiger partial charge on any atom is -0.289 e. The Labute approximate surface area is 118 Å². The lowest BCUT2D eigenvalue weighted by molar-refractivity contribution is -0.686. The van der Waals surface area contributed by atoms with Gasteiger partial charge in [0, 0.05) is 6.07 Å². The summed E-state index contributed by atoms with van der Waals surface area (Å²) in [6.45, 7) is 0.332. The summed E-state index contributed by atoms with van der Waals surface area (Å²) in [6, 6.07) is 9.71. The zero-order valence-electron chi connectivity index (χ0n) is 10.0. The minimum absolute atomic E-state index is 0.116. The van der Waals surface area contributed by atoms with Gasteiger partial charge in [-0.15, -0.1) is 22.7 Å². The van der Waals surface area contributed by atoms with E-state index in [-0.39, 0.29) is 5.78 Å². The number of aromatic nitrogens is 2. The van der Waals surface area contributed by atoms with Crippen molar-refractivity contribution in [3.05, 3.63) is 58.5 Å². The predicted molar refractivity (Wildman–Crippen MR) is 76.4 cm³/mol. The summed E-state index contributed by atoms with van der Waals surface area (Å²) < 4.78 is 1.80. The number of Topliss-reactive ketones (excluding diaryl/α,β-unsaturated/α-hetero) is 1. The molecule has 0 bridgehead atoms. The van der Waals surface area contributed by atoms with E-state index in [1.807, 2.05) is 47.3 Å². The van der Waals surface area contributed by atoms with Crippen molar-refractivity contribution in [2.45, 2.75) is 6.54 Å². The van der Waals surface area contributed by atoms with Gasteiger partial charge < -0.3 is 0 Å². The van der Waals surface area contributed by atoms with Crippen LogP contribution in [0.25, 0.3) is 10.6 Å². The molecule has 0 unspecified atom stereocenters. The molecule has 19 heavy (non-hydrogen) atoms. The molecule has 3 rings (SSSR count). The molecule has 0 saturated heterocycles. The molecule has 0 spiro atoms. The van der Waals surface area contributed by atoms with Gasteiger partial charge in [0.1, 0.15) is 0 Å². The molecular formula is C14H11N2OS2+. The summed E-state index contributed by atoms with van der Waals surface area (Å²) in [6.07, 6.45) is 3.61. The standard InChI is InChI=1S/C14H11N2OS2/c17-12(14-4-2-8-19-14)9-16-6-5-11(15-10-16)13-3-1-7-18-13/h1-8,10H,9H2/q+1. The topological polar surface area (TPSA) is 33.8 Å². The highest BCUT2D eigenvalue weighted by molar-refractivity contribution is 7.13. The molecule has 0 aliphatic carbocycles. The molecule has 0 aliphatic heterocycles. The number of ketones is 1. The Morgan fingerprint density at radius 2 is 2.00 bits per heavy atom. The number of carbonyl (C=O) groups excluding carboxylic acids is 1. The van der Waals surface area contributed by atoms with Gasteiger partial charge in [-0.05, 0) is 27.9 Å². The summed E-state index contributed by atoms with van der Waals surface area (Å²) in [7, 11) is 0. The average molecular weight is 287 g/mol. The number of hydrogen-bond acceptors (Lipinski definition) is 4. The summed E-state index contributed by atoms with van der Waals surface area (Å²) in [5, 5.41) is 3.94. The van der Waals surface area contributed by atoms with Crippen LogP contribution in [0.2, 0.25) is 0 Å². The number of rotatable bonds is 4. The molecular weight excluding hydrogens is 276 g/mol. The molecule has 0 saturated carbocycles. The fourth-order valence-corrected chi connectivity index (χ4v) is 3.09. The summed E-state index contributed by atoms with van der Waals surface area (Å²) in [5.74, 6) is 0.116. The van der Waals surface area contributed by atoms with Crippen molar-refractivity contribution in [3.8, 4) is 10.6 Å². The fourth-order valence-electron chi connectivity index (χ4n) is 1.73. The number of nitrogens with zero attached hydrogens (tertiary/aromatic N) is 2. The van der Waals surface area contributed by atoms with Crippen LogP contribution in [-0.2, 0) is 6.54 Å². The van der Waals surface area contributed by atoms with Crippen molar-refractivity contribution in [1.29, 1.82) is 0 Å². The SMILES string of the molecule is O=C(C[n+]1ccc(-c2cccs2)nc1)c1cccs1. The van der Waals surface area contributed by atoms with E-state index < -0.39 is 0 Å². The smallest absolute Gasteiger partial charge is 0.287 e. The van der Waals surface area contributed by atoms with E-state index in [0.29, 0.717) is 6.54 Å². The van der Waals surface area contributed by atoms with Gasteiger partial charge in [-0.3, -0.25) is 4.79 Å². The summed E-state index contributed by atoms with van der Waals surface area (Å²) in [5.41, 5.74) is 0.940. The van der Waals surface area contributed by atoms with E-state index in [1.54, 1.807) is 22.2 Å². The van der Waals surface area contributed by atoms with E-state index in [4.69, 9.17) is 0 Å². The molecule has 3 aromatic rings. The maximum absolute atomic E-state index is 12.0. The van der Waals surface area contributed by atoms with Gasteiger partial charge in [-0.25, -0.2) is 4.57 Å². The van der Waals surface area contributed by atoms with Gasteiger partial charge in [0.15, 0.2) is 12.2 Å². The van der Waals surface area contributed by atoms with Crippen molar-refractivity contribution >= 4 is 28.5 Å². The highest BCUT2D eigenvalue weighted by Crippen LogP contribution is 2.20. The van der Waals surface area contributed by atoms with Crippen LogP contribution >= 0.6 is 22.7 Å². The lowest BCUT2D eigenvalue weighted by atomic mass is 10.3. The lowest BCUT2D eigenvalue weighted by Gasteiger charge is -1.97. The first kappa shape index (κ1) is 12.2. The Hall–Kier alpha value is -1.85. The Bertz CT molecular complexity index is 658. The van der Waals surface area contributed by atoms with E-state index >= 15 is 0 Å². The molecule has 0 radical (unpaired) electrons. The van der Waals surface area contributed by atoms with Gasteiger partial charge in [0.05, 0.1) is 16.0 Å². The monoisotopic (exact) mass is 287 g/mol. The average Bonchev–Trinajstić information content (AvgIpc) is 3.13. The van der Waals surface area contributed by atoms with E-state index in [2.05, 4.69) is 4.98 Å². The minimum atomic E-state index is 0.116. The number of hydrogen-bond donors (Lipinski definition) is 0. The van der Waals surface area contributed by atoms with Crippen molar-refractivity contribution in [3.63, 3.8) is 0 Å². The van der Waals surface area contributed by atoms with Crippen LogP contribution < -0.4 is 4.57 Å². The van der Waals surface area contributed by atoms with E-state index in [1.165, 1.54) is 11.3 Å². The Balaban J connectivity index is 1.75. The normalized spacial score (nSPS) is 10.5. The fraction of sp³-hybridized carbons (Fsp3) is 0.0714. The first-order valence-electron chi connectivity index (χ1n) is 5.78. The quantitative estimate of drug-likeness (QED) is 0.546. The first-order chi connectivity index (χ1) is 9.33. The second kappa shape index (κ2) is 5.42. The lowest BCUT2D eigenvalue weighted by Crippen LogP contribution is -2.37. The van der Waals surface area contributed by atoms with Crippen LogP contribution in [0.4, 0.5) is 0 Å². The van der Waals surface area contributed by atoms with Crippen LogP contribution in [0, 0.1) is 0 Å². The summed E-state index contributed by atoms with van der Waals surface area (Å²) >= 11 is 3.13. The molecule has 3 heterocycles. The zero-order valence-corrected chi connectivity index (χ0v) is 11.7. The molecule has 3 nitrogen and oxygen atoms in total. The molecule has 0 N–H and O–H groups in total. The second-order valence-electron chi connectivity index (χ2n) is 4.00. The first-order valence-corrected chi connectivity index (χ1v) is 7.54. The van der Waals surface area contributed by atoms with Gasteiger partial charge in [0.25, 0.3) is 6.33 Å². The molecule has 5 heteroatoms. The van der Waals surface area contributed by atoms with E-state index in [0.717, 1.165) is 15.4 Å². The zero-order chi connectivity index (χ0) is 13.1. The number of thiophene rings is 2. The van der Waals surface area contributed by atoms with Crippen LogP contribution in [0.5, 0.6) is 0 Å². The molecule has 3 aromatic heterocycles.